The van der Waals surface area contributed by atoms with Crippen molar-refractivity contribution in [3.8, 4) is 0 Å². The lowest BCUT2D eigenvalue weighted by atomic mass is 10.2. The SMILES string of the molecule is Cc1ccc(N2CCCCN(P)CC2)cc1. The molecule has 1 fully saturated rings. The van der Waals surface area contributed by atoms with E-state index in [1.165, 1.54) is 37.2 Å². The van der Waals surface area contributed by atoms with Crippen molar-refractivity contribution in [2.24, 2.45) is 0 Å². The number of hydrogen-bond acceptors (Lipinski definition) is 2. The van der Waals surface area contributed by atoms with Crippen molar-refractivity contribution in [1.29, 1.82) is 0 Å². The third-order valence-corrected chi connectivity index (χ3v) is 3.70. The van der Waals surface area contributed by atoms with Gasteiger partial charge in [0.15, 0.2) is 0 Å². The van der Waals surface area contributed by atoms with E-state index in [1.54, 1.807) is 0 Å². The van der Waals surface area contributed by atoms with Crippen LogP contribution in [0.25, 0.3) is 0 Å². The lowest BCUT2D eigenvalue weighted by Gasteiger charge is -2.30. The van der Waals surface area contributed by atoms with Crippen LogP contribution in [0.5, 0.6) is 0 Å². The number of nitrogens with zero attached hydrogens (tertiary/aromatic N) is 2. The highest BCUT2D eigenvalue weighted by Crippen LogP contribution is 2.18. The van der Waals surface area contributed by atoms with Crippen LogP contribution in [0.15, 0.2) is 24.3 Å². The maximum absolute atomic E-state index is 2.83. The molecule has 0 N–H and O–H groups in total. The normalized spacial score (nSPS) is 19.2. The van der Waals surface area contributed by atoms with Crippen LogP contribution >= 0.6 is 9.39 Å². The predicted molar refractivity (Wildman–Crippen MR) is 73.9 cm³/mol. The molecule has 2 nitrogen and oxygen atoms in total. The molecule has 0 saturated carbocycles. The van der Waals surface area contributed by atoms with Crippen LogP contribution < -0.4 is 4.90 Å². The fourth-order valence-corrected chi connectivity index (χ4v) is 2.40. The smallest absolute Gasteiger partial charge is 0.0366 e. The zero-order chi connectivity index (χ0) is 11.4. The third-order valence-electron chi connectivity index (χ3n) is 3.18. The summed E-state index contributed by atoms with van der Waals surface area (Å²) in [6, 6.07) is 8.88. The molecule has 1 aliphatic heterocycles. The van der Waals surface area contributed by atoms with Gasteiger partial charge in [0.2, 0.25) is 0 Å². The van der Waals surface area contributed by atoms with Gasteiger partial charge in [0.25, 0.3) is 0 Å². The molecular formula is C13H21N2P. The first-order chi connectivity index (χ1) is 7.75. The van der Waals surface area contributed by atoms with Gasteiger partial charge in [-0.25, -0.2) is 0 Å². The summed E-state index contributed by atoms with van der Waals surface area (Å²) in [6.45, 7) is 6.82. The number of hydrogen-bond donors (Lipinski definition) is 0. The molecule has 0 aromatic heterocycles. The summed E-state index contributed by atoms with van der Waals surface area (Å²) in [5.41, 5.74) is 2.70. The second-order valence-corrected chi connectivity index (χ2v) is 5.30. The molecular weight excluding hydrogens is 215 g/mol. The summed E-state index contributed by atoms with van der Waals surface area (Å²) in [7, 11) is 2.83. The average Bonchev–Trinajstić information content (AvgIpc) is 2.26. The zero-order valence-corrected chi connectivity index (χ0v) is 11.2. The van der Waals surface area contributed by atoms with Gasteiger partial charge in [0.05, 0.1) is 0 Å². The van der Waals surface area contributed by atoms with E-state index in [9.17, 15) is 0 Å². The molecule has 1 aromatic rings. The van der Waals surface area contributed by atoms with E-state index in [0.717, 1.165) is 13.1 Å². The van der Waals surface area contributed by atoms with Crippen molar-refractivity contribution in [1.82, 2.24) is 4.67 Å². The van der Waals surface area contributed by atoms with E-state index in [1.807, 2.05) is 0 Å². The summed E-state index contributed by atoms with van der Waals surface area (Å²) < 4.78 is 2.35. The van der Waals surface area contributed by atoms with E-state index in [2.05, 4.69) is 50.2 Å². The van der Waals surface area contributed by atoms with Crippen LogP contribution in [0.1, 0.15) is 18.4 Å². The highest BCUT2D eigenvalue weighted by atomic mass is 31.0. The molecule has 16 heavy (non-hydrogen) atoms. The van der Waals surface area contributed by atoms with Crippen LogP contribution in [0.2, 0.25) is 0 Å². The summed E-state index contributed by atoms with van der Waals surface area (Å²) in [4.78, 5) is 2.50. The molecule has 0 radical (unpaired) electrons. The summed E-state index contributed by atoms with van der Waals surface area (Å²) >= 11 is 0. The molecule has 0 bridgehead atoms. The Morgan fingerprint density at radius 1 is 0.938 bits per heavy atom. The van der Waals surface area contributed by atoms with E-state index < -0.39 is 0 Å². The number of anilines is 1. The van der Waals surface area contributed by atoms with Gasteiger partial charge in [-0.3, -0.25) is 4.67 Å². The lowest BCUT2D eigenvalue weighted by Crippen LogP contribution is -2.35. The van der Waals surface area contributed by atoms with Crippen molar-refractivity contribution in [2.75, 3.05) is 31.1 Å². The maximum Gasteiger partial charge on any atom is 0.0366 e. The van der Waals surface area contributed by atoms with Gasteiger partial charge < -0.3 is 4.90 Å². The second kappa shape index (κ2) is 5.65. The Hall–Kier alpha value is -0.590. The van der Waals surface area contributed by atoms with Crippen LogP contribution in [0, 0.1) is 6.92 Å². The molecule has 2 rings (SSSR count). The topological polar surface area (TPSA) is 6.48 Å². The van der Waals surface area contributed by atoms with Gasteiger partial charge in [-0.2, -0.15) is 0 Å². The van der Waals surface area contributed by atoms with Gasteiger partial charge in [0, 0.05) is 31.9 Å². The van der Waals surface area contributed by atoms with Crippen LogP contribution in [0.4, 0.5) is 5.69 Å². The third kappa shape index (κ3) is 3.20. The van der Waals surface area contributed by atoms with E-state index in [4.69, 9.17) is 0 Å². The molecule has 1 aromatic carbocycles. The lowest BCUT2D eigenvalue weighted by molar-refractivity contribution is 0.429. The minimum absolute atomic E-state index is 1.13. The Kier molecular flexibility index (Phi) is 4.20. The Balaban J connectivity index is 2.04. The van der Waals surface area contributed by atoms with E-state index in [-0.39, 0.29) is 0 Å². The highest BCUT2D eigenvalue weighted by Gasteiger charge is 2.10. The van der Waals surface area contributed by atoms with Crippen molar-refractivity contribution in [3.05, 3.63) is 29.8 Å². The molecule has 1 aliphatic rings. The number of benzene rings is 1. The maximum atomic E-state index is 2.83. The monoisotopic (exact) mass is 236 g/mol. The average molecular weight is 236 g/mol. The fourth-order valence-electron chi connectivity index (χ4n) is 2.10. The minimum Gasteiger partial charge on any atom is -0.370 e. The van der Waals surface area contributed by atoms with E-state index >= 15 is 0 Å². The summed E-state index contributed by atoms with van der Waals surface area (Å²) in [5, 5.41) is 0. The Bertz CT molecular complexity index is 323. The fraction of sp³-hybridized carbons (Fsp3) is 0.538. The van der Waals surface area contributed by atoms with Gasteiger partial charge in [-0.15, -0.1) is 0 Å². The molecule has 88 valence electrons. The van der Waals surface area contributed by atoms with Crippen molar-refractivity contribution in [2.45, 2.75) is 19.8 Å². The van der Waals surface area contributed by atoms with Gasteiger partial charge in [-0.05, 0) is 31.9 Å². The van der Waals surface area contributed by atoms with Crippen molar-refractivity contribution in [3.63, 3.8) is 0 Å². The summed E-state index contributed by atoms with van der Waals surface area (Å²) in [5.74, 6) is 0. The first-order valence-electron chi connectivity index (χ1n) is 6.07. The molecule has 1 unspecified atom stereocenters. The molecule has 0 aliphatic carbocycles. The van der Waals surface area contributed by atoms with Crippen LogP contribution in [0.3, 0.4) is 0 Å². The summed E-state index contributed by atoms with van der Waals surface area (Å²) in [6.07, 6.45) is 2.59. The van der Waals surface area contributed by atoms with E-state index in [0.29, 0.717) is 0 Å². The molecule has 0 amide bonds. The molecule has 1 heterocycles. The number of aryl methyl sites for hydroxylation is 1. The molecule has 1 atom stereocenters. The van der Waals surface area contributed by atoms with Gasteiger partial charge >= 0.3 is 0 Å². The zero-order valence-electron chi connectivity index (χ0n) is 10.0. The first kappa shape index (κ1) is 11.9. The largest absolute Gasteiger partial charge is 0.370 e. The second-order valence-electron chi connectivity index (χ2n) is 4.57. The van der Waals surface area contributed by atoms with Gasteiger partial charge in [0.1, 0.15) is 0 Å². The Morgan fingerprint density at radius 3 is 2.38 bits per heavy atom. The Labute approximate surface area is 101 Å². The molecule has 0 spiro atoms. The van der Waals surface area contributed by atoms with Gasteiger partial charge in [-0.1, -0.05) is 27.1 Å². The van der Waals surface area contributed by atoms with Crippen molar-refractivity contribution >= 4 is 15.1 Å². The molecule has 3 heteroatoms. The Morgan fingerprint density at radius 2 is 1.62 bits per heavy atom. The predicted octanol–water partition coefficient (Wildman–Crippen LogP) is 2.69. The van der Waals surface area contributed by atoms with Crippen LogP contribution in [-0.4, -0.2) is 30.8 Å². The number of rotatable bonds is 1. The van der Waals surface area contributed by atoms with Crippen molar-refractivity contribution < 1.29 is 0 Å². The molecule has 1 saturated heterocycles. The standard InChI is InChI=1S/C13H21N2P/c1-12-4-6-13(7-5-12)14-8-2-3-9-15(16)11-10-14/h4-7H,2-3,8-11,16H2,1H3. The first-order valence-corrected chi connectivity index (χ1v) is 6.58. The highest BCUT2D eigenvalue weighted by molar-refractivity contribution is 7.13. The quantitative estimate of drug-likeness (QED) is 0.692. The minimum atomic E-state index is 1.13. The van der Waals surface area contributed by atoms with Crippen LogP contribution in [-0.2, 0) is 0 Å².